The van der Waals surface area contributed by atoms with Crippen LogP contribution >= 0.6 is 0 Å². The van der Waals surface area contributed by atoms with Crippen LogP contribution in [0.1, 0.15) is 37.8 Å². The molecule has 150 valence electrons. The monoisotopic (exact) mass is 391 g/mol. The number of aromatic nitrogens is 1. The van der Waals surface area contributed by atoms with Crippen LogP contribution in [-0.2, 0) is 0 Å². The Morgan fingerprint density at radius 1 is 1.03 bits per heavy atom. The van der Waals surface area contributed by atoms with E-state index in [2.05, 4.69) is 29.3 Å². The van der Waals surface area contributed by atoms with E-state index in [1.165, 1.54) is 5.56 Å². The third-order valence-electron chi connectivity index (χ3n) is 4.27. The normalized spacial score (nSPS) is 11.4. The molecule has 0 spiro atoms. The van der Waals surface area contributed by atoms with Crippen molar-refractivity contribution in [2.24, 2.45) is 4.99 Å². The van der Waals surface area contributed by atoms with Gasteiger partial charge in [0.05, 0.1) is 12.3 Å². The summed E-state index contributed by atoms with van der Waals surface area (Å²) in [6.07, 6.45) is 1.61. The van der Waals surface area contributed by atoms with E-state index in [0.717, 1.165) is 11.4 Å². The number of benzene rings is 2. The smallest absolute Gasteiger partial charge is 0.219 e. The van der Waals surface area contributed by atoms with Crippen molar-refractivity contribution >= 4 is 11.5 Å². The summed E-state index contributed by atoms with van der Waals surface area (Å²) in [5.41, 5.74) is 4.78. The lowest BCUT2D eigenvalue weighted by molar-refractivity contribution is 0.235. The highest BCUT2D eigenvalue weighted by Crippen LogP contribution is 2.24. The molecule has 0 aliphatic heterocycles. The lowest BCUT2D eigenvalue weighted by atomic mass is 10.0. The first kappa shape index (κ1) is 20.4. The number of hydroxylamine groups is 1. The number of hydrogen-bond donors (Lipinski definition) is 2. The quantitative estimate of drug-likeness (QED) is 0.318. The van der Waals surface area contributed by atoms with Crippen LogP contribution in [0.5, 0.6) is 17.4 Å². The molecule has 6 nitrogen and oxygen atoms in total. The fourth-order valence-electron chi connectivity index (χ4n) is 2.72. The summed E-state index contributed by atoms with van der Waals surface area (Å²) in [4.78, 5) is 8.71. The summed E-state index contributed by atoms with van der Waals surface area (Å²) >= 11 is 0. The summed E-state index contributed by atoms with van der Waals surface area (Å²) < 4.78 is 11.2. The molecule has 2 N–H and O–H groups in total. The first-order chi connectivity index (χ1) is 14.1. The molecule has 3 rings (SSSR count). The van der Waals surface area contributed by atoms with E-state index in [-0.39, 0.29) is 0 Å². The molecular formula is C23H25N3O3. The minimum Gasteiger partial charge on any atom is -0.494 e. The molecule has 0 fully saturated rings. The molecular weight excluding hydrogens is 366 g/mol. The van der Waals surface area contributed by atoms with Gasteiger partial charge in [0.15, 0.2) is 5.84 Å². The zero-order valence-corrected chi connectivity index (χ0v) is 16.8. The van der Waals surface area contributed by atoms with Crippen molar-refractivity contribution in [1.82, 2.24) is 10.5 Å². The minimum absolute atomic E-state index is 0.307. The van der Waals surface area contributed by atoms with Crippen molar-refractivity contribution in [1.29, 1.82) is 0 Å². The Bertz CT molecular complexity index is 952. The van der Waals surface area contributed by atoms with Gasteiger partial charge in [-0.1, -0.05) is 26.0 Å². The predicted molar refractivity (Wildman–Crippen MR) is 114 cm³/mol. The van der Waals surface area contributed by atoms with Gasteiger partial charge in [-0.3, -0.25) is 10.7 Å². The van der Waals surface area contributed by atoms with Crippen molar-refractivity contribution < 1.29 is 14.7 Å². The highest BCUT2D eigenvalue weighted by Gasteiger charge is 2.07. The predicted octanol–water partition coefficient (Wildman–Crippen LogP) is 5.45. The molecule has 0 saturated heterocycles. The molecule has 29 heavy (non-hydrogen) atoms. The van der Waals surface area contributed by atoms with Crippen LogP contribution in [0.4, 0.5) is 5.69 Å². The molecule has 0 bridgehead atoms. The van der Waals surface area contributed by atoms with Gasteiger partial charge < -0.3 is 9.47 Å². The lowest BCUT2D eigenvalue weighted by Gasteiger charge is -2.09. The van der Waals surface area contributed by atoms with E-state index in [0.29, 0.717) is 35.6 Å². The Morgan fingerprint density at radius 2 is 1.72 bits per heavy atom. The number of pyridine rings is 1. The van der Waals surface area contributed by atoms with E-state index >= 15 is 0 Å². The summed E-state index contributed by atoms with van der Waals surface area (Å²) in [6.45, 7) is 6.83. The fraction of sp³-hybridized carbons (Fsp3) is 0.217. The van der Waals surface area contributed by atoms with Crippen LogP contribution in [0.15, 0.2) is 71.9 Å². The highest BCUT2D eigenvalue weighted by molar-refractivity contribution is 5.99. The molecule has 0 atom stereocenters. The molecule has 0 radical (unpaired) electrons. The van der Waals surface area contributed by atoms with Gasteiger partial charge in [0, 0.05) is 17.8 Å². The molecule has 0 saturated carbocycles. The van der Waals surface area contributed by atoms with Crippen LogP contribution in [0.25, 0.3) is 0 Å². The summed E-state index contributed by atoms with van der Waals surface area (Å²) in [5.74, 6) is 2.57. The number of nitrogens with zero attached hydrogens (tertiary/aromatic N) is 2. The van der Waals surface area contributed by atoms with Crippen LogP contribution in [-0.4, -0.2) is 22.6 Å². The van der Waals surface area contributed by atoms with Gasteiger partial charge in [-0.15, -0.1) is 0 Å². The standard InChI is InChI=1S/C23H25N3O3/c1-4-28-20-9-11-21(12-10-20)29-22-15-18(13-14-24-22)23(26-27)25-19-7-5-17(6-8-19)16(2)3/h5-16,27H,4H2,1-3H3,(H,25,26). The molecule has 0 aliphatic rings. The molecule has 1 aromatic heterocycles. The molecule has 0 amide bonds. The Balaban J connectivity index is 1.78. The maximum Gasteiger partial charge on any atom is 0.219 e. The van der Waals surface area contributed by atoms with Gasteiger partial charge in [0.2, 0.25) is 5.88 Å². The molecule has 0 unspecified atom stereocenters. The average molecular weight is 391 g/mol. The van der Waals surface area contributed by atoms with Gasteiger partial charge in [-0.25, -0.2) is 9.98 Å². The van der Waals surface area contributed by atoms with Crippen molar-refractivity contribution in [2.75, 3.05) is 6.61 Å². The van der Waals surface area contributed by atoms with Crippen LogP contribution in [0.2, 0.25) is 0 Å². The van der Waals surface area contributed by atoms with Crippen molar-refractivity contribution in [3.05, 3.63) is 78.0 Å². The Hall–Kier alpha value is -3.38. The summed E-state index contributed by atoms with van der Waals surface area (Å²) in [5, 5.41) is 9.59. The van der Waals surface area contributed by atoms with Gasteiger partial charge >= 0.3 is 0 Å². The van der Waals surface area contributed by atoms with E-state index in [9.17, 15) is 5.21 Å². The zero-order valence-electron chi connectivity index (χ0n) is 16.8. The van der Waals surface area contributed by atoms with Gasteiger partial charge in [0.1, 0.15) is 11.5 Å². The third kappa shape index (κ3) is 5.56. The van der Waals surface area contributed by atoms with E-state index in [1.54, 1.807) is 18.3 Å². The number of ether oxygens (including phenoxy) is 2. The first-order valence-corrected chi connectivity index (χ1v) is 9.55. The van der Waals surface area contributed by atoms with E-state index in [1.807, 2.05) is 55.5 Å². The summed E-state index contributed by atoms with van der Waals surface area (Å²) in [7, 11) is 0. The highest BCUT2D eigenvalue weighted by atomic mass is 16.5. The molecule has 6 heteroatoms. The van der Waals surface area contributed by atoms with Crippen LogP contribution in [0.3, 0.4) is 0 Å². The van der Waals surface area contributed by atoms with E-state index < -0.39 is 0 Å². The zero-order chi connectivity index (χ0) is 20.6. The fourth-order valence-corrected chi connectivity index (χ4v) is 2.72. The average Bonchev–Trinajstić information content (AvgIpc) is 2.74. The summed E-state index contributed by atoms with van der Waals surface area (Å²) in [6, 6.07) is 18.7. The van der Waals surface area contributed by atoms with Gasteiger partial charge in [0.25, 0.3) is 0 Å². The van der Waals surface area contributed by atoms with Gasteiger partial charge in [-0.2, -0.15) is 0 Å². The number of hydrogen-bond acceptors (Lipinski definition) is 5. The van der Waals surface area contributed by atoms with Crippen LogP contribution in [0, 0.1) is 0 Å². The second-order valence-electron chi connectivity index (χ2n) is 6.71. The minimum atomic E-state index is 0.307. The lowest BCUT2D eigenvalue weighted by Crippen LogP contribution is -2.20. The van der Waals surface area contributed by atoms with Crippen molar-refractivity contribution in [3.63, 3.8) is 0 Å². The topological polar surface area (TPSA) is 76.0 Å². The maximum absolute atomic E-state index is 9.59. The first-order valence-electron chi connectivity index (χ1n) is 9.55. The number of rotatable bonds is 7. The molecule has 3 aromatic rings. The Labute approximate surface area is 170 Å². The Kier molecular flexibility index (Phi) is 6.81. The maximum atomic E-state index is 9.59. The number of amidine groups is 1. The second kappa shape index (κ2) is 9.71. The number of nitrogens with one attached hydrogen (secondary N) is 1. The van der Waals surface area contributed by atoms with Crippen molar-refractivity contribution in [2.45, 2.75) is 26.7 Å². The third-order valence-corrected chi connectivity index (χ3v) is 4.27. The Morgan fingerprint density at radius 3 is 2.34 bits per heavy atom. The molecule has 1 heterocycles. The SMILES string of the molecule is CCOc1ccc(Oc2cc(C(=Nc3ccc(C(C)C)cc3)NO)ccn2)cc1. The van der Waals surface area contributed by atoms with Crippen LogP contribution < -0.4 is 15.0 Å². The molecule has 2 aromatic carbocycles. The molecule has 0 aliphatic carbocycles. The van der Waals surface area contributed by atoms with Gasteiger partial charge in [-0.05, 0) is 60.9 Å². The second-order valence-corrected chi connectivity index (χ2v) is 6.71. The number of aliphatic imine (C=N–C) groups is 1. The van der Waals surface area contributed by atoms with E-state index in [4.69, 9.17) is 9.47 Å². The largest absolute Gasteiger partial charge is 0.494 e. The van der Waals surface area contributed by atoms with Crippen molar-refractivity contribution in [3.8, 4) is 17.4 Å².